The fourth-order valence-corrected chi connectivity index (χ4v) is 2.46. The molecule has 0 spiro atoms. The van der Waals surface area contributed by atoms with Crippen molar-refractivity contribution in [1.29, 1.82) is 0 Å². The predicted octanol–water partition coefficient (Wildman–Crippen LogP) is 5.34. The Labute approximate surface area is 144 Å². The predicted molar refractivity (Wildman–Crippen MR) is 102 cm³/mol. The lowest BCUT2D eigenvalue weighted by atomic mass is 10.1. The first-order valence-corrected chi connectivity index (χ1v) is 8.15. The standard InChI is InChI=1S/C19H24ClN3/c1-6-22(4)13-21-18-11-15(3)19(12-14(18)2)23(5)17-9-7-16(20)8-10-17/h7-13H,6H2,1-5H3. The molecule has 2 aromatic carbocycles. The van der Waals surface area contributed by atoms with Crippen LogP contribution in [-0.2, 0) is 0 Å². The molecule has 0 saturated carbocycles. The smallest absolute Gasteiger partial charge is 0.0909 e. The molecule has 2 aromatic rings. The molecule has 0 saturated heterocycles. The van der Waals surface area contributed by atoms with Crippen LogP contribution >= 0.6 is 11.6 Å². The highest BCUT2D eigenvalue weighted by molar-refractivity contribution is 6.30. The zero-order valence-electron chi connectivity index (χ0n) is 14.5. The highest BCUT2D eigenvalue weighted by atomic mass is 35.5. The van der Waals surface area contributed by atoms with Gasteiger partial charge in [0.2, 0.25) is 0 Å². The van der Waals surface area contributed by atoms with Crippen molar-refractivity contribution in [3.63, 3.8) is 0 Å². The first-order chi connectivity index (χ1) is 10.9. The molecule has 122 valence electrons. The molecular weight excluding hydrogens is 306 g/mol. The minimum Gasteiger partial charge on any atom is -0.366 e. The molecule has 3 nitrogen and oxygen atoms in total. The first-order valence-electron chi connectivity index (χ1n) is 7.77. The summed E-state index contributed by atoms with van der Waals surface area (Å²) in [6.45, 7) is 7.26. The van der Waals surface area contributed by atoms with Crippen molar-refractivity contribution in [3.05, 3.63) is 52.5 Å². The van der Waals surface area contributed by atoms with Gasteiger partial charge in [-0.2, -0.15) is 0 Å². The molecule has 0 bridgehead atoms. The number of aryl methyl sites for hydroxylation is 2. The van der Waals surface area contributed by atoms with Crippen molar-refractivity contribution in [3.8, 4) is 0 Å². The number of hydrogen-bond acceptors (Lipinski definition) is 2. The van der Waals surface area contributed by atoms with Gasteiger partial charge in [-0.3, -0.25) is 0 Å². The van der Waals surface area contributed by atoms with Crippen LogP contribution < -0.4 is 4.90 Å². The molecule has 0 amide bonds. The van der Waals surface area contributed by atoms with Crippen molar-refractivity contribution < 1.29 is 0 Å². The summed E-state index contributed by atoms with van der Waals surface area (Å²) in [6.07, 6.45) is 1.88. The second-order valence-electron chi connectivity index (χ2n) is 5.78. The number of hydrogen-bond donors (Lipinski definition) is 0. The molecule has 23 heavy (non-hydrogen) atoms. The second kappa shape index (κ2) is 7.51. The Morgan fingerprint density at radius 3 is 2.30 bits per heavy atom. The lowest BCUT2D eigenvalue weighted by molar-refractivity contribution is 0.552. The molecule has 2 rings (SSSR count). The van der Waals surface area contributed by atoms with Gasteiger partial charge in [0.05, 0.1) is 12.0 Å². The molecule has 0 atom stereocenters. The van der Waals surface area contributed by atoms with E-state index < -0.39 is 0 Å². The monoisotopic (exact) mass is 329 g/mol. The summed E-state index contributed by atoms with van der Waals surface area (Å²) in [4.78, 5) is 8.82. The first kappa shape index (κ1) is 17.4. The fraction of sp³-hybridized carbons (Fsp3) is 0.316. The molecule has 0 radical (unpaired) electrons. The number of halogens is 1. The highest BCUT2D eigenvalue weighted by Gasteiger charge is 2.10. The minimum absolute atomic E-state index is 0.750. The van der Waals surface area contributed by atoms with E-state index in [-0.39, 0.29) is 0 Å². The molecule has 0 aromatic heterocycles. The van der Waals surface area contributed by atoms with Crippen molar-refractivity contribution in [2.75, 3.05) is 25.5 Å². The van der Waals surface area contributed by atoms with E-state index in [1.165, 1.54) is 11.3 Å². The third-order valence-corrected chi connectivity index (χ3v) is 4.23. The van der Waals surface area contributed by atoms with Crippen LogP contribution in [0.25, 0.3) is 0 Å². The molecule has 0 aliphatic rings. The van der Waals surface area contributed by atoms with E-state index in [0.717, 1.165) is 28.5 Å². The van der Waals surface area contributed by atoms with Crippen molar-refractivity contribution in [2.45, 2.75) is 20.8 Å². The Morgan fingerprint density at radius 2 is 1.70 bits per heavy atom. The molecule has 0 fully saturated rings. The van der Waals surface area contributed by atoms with Crippen LogP contribution in [0.5, 0.6) is 0 Å². The number of benzene rings is 2. The molecule has 0 N–H and O–H groups in total. The van der Waals surface area contributed by atoms with Crippen LogP contribution in [0, 0.1) is 13.8 Å². The van der Waals surface area contributed by atoms with Gasteiger partial charge in [-0.15, -0.1) is 0 Å². The van der Waals surface area contributed by atoms with E-state index in [0.29, 0.717) is 0 Å². The maximum Gasteiger partial charge on any atom is 0.0909 e. The van der Waals surface area contributed by atoms with E-state index in [9.17, 15) is 0 Å². The van der Waals surface area contributed by atoms with Crippen molar-refractivity contribution in [2.24, 2.45) is 4.99 Å². The third kappa shape index (κ3) is 4.26. The maximum absolute atomic E-state index is 5.97. The van der Waals surface area contributed by atoms with E-state index in [1.54, 1.807) is 0 Å². The van der Waals surface area contributed by atoms with Crippen LogP contribution in [0.1, 0.15) is 18.1 Å². The quantitative estimate of drug-likeness (QED) is 0.545. The largest absolute Gasteiger partial charge is 0.366 e. The van der Waals surface area contributed by atoms with Gasteiger partial charge in [-0.25, -0.2) is 4.99 Å². The van der Waals surface area contributed by atoms with Crippen molar-refractivity contribution >= 4 is 35.0 Å². The number of aliphatic imine (C=N–C) groups is 1. The highest BCUT2D eigenvalue weighted by Crippen LogP contribution is 2.32. The number of nitrogens with zero attached hydrogens (tertiary/aromatic N) is 3. The number of anilines is 2. The van der Waals surface area contributed by atoms with E-state index in [4.69, 9.17) is 11.6 Å². The van der Waals surface area contributed by atoms with Gasteiger partial charge in [0.15, 0.2) is 0 Å². The Morgan fingerprint density at radius 1 is 1.04 bits per heavy atom. The Bertz CT molecular complexity index is 693. The summed E-state index contributed by atoms with van der Waals surface area (Å²) in [5, 5.41) is 0.750. The Balaban J connectivity index is 2.32. The van der Waals surface area contributed by atoms with Crippen LogP contribution in [-0.4, -0.2) is 31.9 Å². The van der Waals surface area contributed by atoms with Gasteiger partial charge < -0.3 is 9.80 Å². The van der Waals surface area contributed by atoms with Crippen LogP contribution in [0.3, 0.4) is 0 Å². The minimum atomic E-state index is 0.750. The van der Waals surface area contributed by atoms with Gasteiger partial charge in [0.25, 0.3) is 0 Å². The Hall–Kier alpha value is -2.00. The zero-order chi connectivity index (χ0) is 17.0. The SMILES string of the molecule is CCN(C)C=Nc1cc(C)c(N(C)c2ccc(Cl)cc2)cc1C. The third-order valence-electron chi connectivity index (χ3n) is 3.98. The molecule has 0 heterocycles. The molecule has 0 unspecified atom stereocenters. The number of rotatable bonds is 5. The molecule has 0 aliphatic heterocycles. The molecule has 0 aliphatic carbocycles. The van der Waals surface area contributed by atoms with Crippen molar-refractivity contribution in [1.82, 2.24) is 4.90 Å². The summed E-state index contributed by atoms with van der Waals surface area (Å²) in [5.41, 5.74) is 5.65. The second-order valence-corrected chi connectivity index (χ2v) is 6.21. The van der Waals surface area contributed by atoms with Crippen LogP contribution in [0.4, 0.5) is 17.1 Å². The van der Waals surface area contributed by atoms with Crippen LogP contribution in [0.15, 0.2) is 41.4 Å². The van der Waals surface area contributed by atoms with Gasteiger partial charge in [-0.05, 0) is 68.3 Å². The average molecular weight is 330 g/mol. The summed E-state index contributed by atoms with van der Waals surface area (Å²) in [6, 6.07) is 12.2. The van der Waals surface area contributed by atoms with Gasteiger partial charge >= 0.3 is 0 Å². The Kier molecular flexibility index (Phi) is 5.67. The summed E-state index contributed by atoms with van der Waals surface area (Å²) in [5.74, 6) is 0. The summed E-state index contributed by atoms with van der Waals surface area (Å²) < 4.78 is 0. The maximum atomic E-state index is 5.97. The molecule has 4 heteroatoms. The van der Waals surface area contributed by atoms with E-state index in [1.807, 2.05) is 37.7 Å². The van der Waals surface area contributed by atoms with Gasteiger partial charge in [-0.1, -0.05) is 11.6 Å². The lowest BCUT2D eigenvalue weighted by Crippen LogP contribution is -2.14. The van der Waals surface area contributed by atoms with Crippen LogP contribution in [0.2, 0.25) is 5.02 Å². The fourth-order valence-electron chi connectivity index (χ4n) is 2.33. The topological polar surface area (TPSA) is 18.8 Å². The van der Waals surface area contributed by atoms with Gasteiger partial charge in [0.1, 0.15) is 0 Å². The normalized spacial score (nSPS) is 11.0. The average Bonchev–Trinajstić information content (AvgIpc) is 2.55. The van der Waals surface area contributed by atoms with E-state index >= 15 is 0 Å². The molecular formula is C19H24ClN3. The summed E-state index contributed by atoms with van der Waals surface area (Å²) >= 11 is 5.97. The zero-order valence-corrected chi connectivity index (χ0v) is 15.2. The van der Waals surface area contributed by atoms with Gasteiger partial charge in [0, 0.05) is 37.0 Å². The van der Waals surface area contributed by atoms with E-state index in [2.05, 4.69) is 54.7 Å². The summed E-state index contributed by atoms with van der Waals surface area (Å²) in [7, 11) is 4.09. The lowest BCUT2D eigenvalue weighted by Gasteiger charge is -2.23.